The third kappa shape index (κ3) is 2.41. The Labute approximate surface area is 114 Å². The van der Waals surface area contributed by atoms with E-state index in [2.05, 4.69) is 21.0 Å². The number of furan rings is 1. The molecule has 0 bridgehead atoms. The van der Waals surface area contributed by atoms with Gasteiger partial charge in [0, 0.05) is 13.0 Å². The smallest absolute Gasteiger partial charge is 0.247 e. The molecule has 2 heterocycles. The van der Waals surface area contributed by atoms with Gasteiger partial charge in [-0.2, -0.15) is 5.10 Å². The summed E-state index contributed by atoms with van der Waals surface area (Å²) in [6.07, 6.45) is 3.35. The maximum atomic E-state index is 12.4. The average Bonchev–Trinajstić information content (AvgIpc) is 2.96. The van der Waals surface area contributed by atoms with Gasteiger partial charge in [0.05, 0.1) is 10.7 Å². The molecule has 0 saturated heterocycles. The first kappa shape index (κ1) is 13.1. The molecule has 4 nitrogen and oxygen atoms in total. The third-order valence-electron chi connectivity index (χ3n) is 2.68. The minimum absolute atomic E-state index is 0.132. The number of rotatable bonds is 5. The minimum Gasteiger partial charge on any atom is -0.458 e. The fourth-order valence-corrected chi connectivity index (χ4v) is 2.25. The second-order valence-electron chi connectivity index (χ2n) is 4.01. The predicted molar refractivity (Wildman–Crippen MR) is 71.7 cm³/mol. The number of hydrogen-bond donors (Lipinski definition) is 0. The Morgan fingerprint density at radius 3 is 2.83 bits per heavy atom. The van der Waals surface area contributed by atoms with Gasteiger partial charge in [-0.1, -0.05) is 13.8 Å². The highest BCUT2D eigenvalue weighted by Crippen LogP contribution is 2.21. The highest BCUT2D eigenvalue weighted by Gasteiger charge is 2.21. The van der Waals surface area contributed by atoms with Crippen LogP contribution in [0.4, 0.5) is 0 Å². The van der Waals surface area contributed by atoms with Crippen molar-refractivity contribution in [3.05, 3.63) is 40.0 Å². The largest absolute Gasteiger partial charge is 0.458 e. The zero-order valence-corrected chi connectivity index (χ0v) is 12.0. The molecule has 2 rings (SSSR count). The summed E-state index contributed by atoms with van der Waals surface area (Å²) in [4.78, 5) is 12.4. The molecule has 0 unspecified atom stereocenters. The van der Waals surface area contributed by atoms with Crippen LogP contribution in [-0.4, -0.2) is 15.6 Å². The summed E-state index contributed by atoms with van der Waals surface area (Å²) in [6.45, 7) is 4.75. The molecular formula is C13H15BrN2O2. The van der Waals surface area contributed by atoms with E-state index < -0.39 is 0 Å². The zero-order valence-electron chi connectivity index (χ0n) is 10.4. The monoisotopic (exact) mass is 310 g/mol. The Balaban J connectivity index is 2.35. The number of carbonyl (C=O) groups excluding carboxylic acids is 1. The molecule has 5 heteroatoms. The van der Waals surface area contributed by atoms with Crippen LogP contribution in [0.3, 0.4) is 0 Å². The fourth-order valence-electron chi connectivity index (χ4n) is 1.78. The first-order valence-corrected chi connectivity index (χ1v) is 6.81. The Morgan fingerprint density at radius 1 is 1.44 bits per heavy atom. The quantitative estimate of drug-likeness (QED) is 0.795. The lowest BCUT2D eigenvalue weighted by atomic mass is 10.2. The van der Waals surface area contributed by atoms with E-state index >= 15 is 0 Å². The first-order chi connectivity index (χ1) is 8.67. The Bertz CT molecular complexity index is 557. The van der Waals surface area contributed by atoms with Gasteiger partial charge >= 0.3 is 0 Å². The van der Waals surface area contributed by atoms with Crippen molar-refractivity contribution < 1.29 is 9.21 Å². The molecule has 2 aromatic rings. The van der Waals surface area contributed by atoms with E-state index in [0.29, 0.717) is 22.5 Å². The summed E-state index contributed by atoms with van der Waals surface area (Å²) >= 11 is 3.36. The van der Waals surface area contributed by atoms with Crippen molar-refractivity contribution in [2.75, 3.05) is 0 Å². The second kappa shape index (κ2) is 5.52. The van der Waals surface area contributed by atoms with E-state index in [-0.39, 0.29) is 5.78 Å². The Morgan fingerprint density at radius 2 is 2.22 bits per heavy atom. The Kier molecular flexibility index (Phi) is 4.01. The summed E-state index contributed by atoms with van der Waals surface area (Å²) in [5.74, 6) is 1.05. The van der Waals surface area contributed by atoms with Crippen LogP contribution in [0, 0.1) is 0 Å². The molecule has 0 aliphatic rings. The molecule has 0 fully saturated rings. The van der Waals surface area contributed by atoms with Crippen LogP contribution in [0.1, 0.15) is 42.3 Å². The number of aromatic nitrogens is 2. The van der Waals surface area contributed by atoms with Crippen molar-refractivity contribution in [1.29, 1.82) is 0 Å². The maximum Gasteiger partial charge on any atom is 0.247 e. The average molecular weight is 311 g/mol. The highest BCUT2D eigenvalue weighted by atomic mass is 79.9. The van der Waals surface area contributed by atoms with Gasteiger partial charge in [-0.25, -0.2) is 0 Å². The molecule has 0 aliphatic heterocycles. The van der Waals surface area contributed by atoms with E-state index in [1.807, 2.05) is 19.9 Å². The van der Waals surface area contributed by atoms with Crippen LogP contribution in [-0.2, 0) is 13.0 Å². The van der Waals surface area contributed by atoms with E-state index in [1.165, 1.54) is 0 Å². The van der Waals surface area contributed by atoms with Gasteiger partial charge in [0.2, 0.25) is 5.78 Å². The van der Waals surface area contributed by atoms with Crippen LogP contribution in [0.25, 0.3) is 0 Å². The minimum atomic E-state index is -0.132. The summed E-state index contributed by atoms with van der Waals surface area (Å²) in [5.41, 5.74) is 0.550. The lowest BCUT2D eigenvalue weighted by molar-refractivity contribution is 0.0996. The highest BCUT2D eigenvalue weighted by molar-refractivity contribution is 9.10. The van der Waals surface area contributed by atoms with Gasteiger partial charge in [-0.05, 0) is 34.5 Å². The lowest BCUT2D eigenvalue weighted by Gasteiger charge is -2.04. The summed E-state index contributed by atoms with van der Waals surface area (Å²) in [5, 5.41) is 4.19. The Hall–Kier alpha value is -1.36. The van der Waals surface area contributed by atoms with Gasteiger partial charge in [0.1, 0.15) is 11.5 Å². The fraction of sp³-hybridized carbons (Fsp3) is 0.385. The van der Waals surface area contributed by atoms with Crippen molar-refractivity contribution in [3.63, 3.8) is 0 Å². The van der Waals surface area contributed by atoms with E-state index in [1.54, 1.807) is 16.9 Å². The molecule has 0 amide bonds. The predicted octanol–water partition coefficient (Wildman–Crippen LogP) is 3.44. The third-order valence-corrected chi connectivity index (χ3v) is 3.26. The van der Waals surface area contributed by atoms with Gasteiger partial charge in [0.15, 0.2) is 5.76 Å². The van der Waals surface area contributed by atoms with Gasteiger partial charge in [-0.15, -0.1) is 0 Å². The van der Waals surface area contributed by atoms with Crippen molar-refractivity contribution >= 4 is 21.7 Å². The SMILES string of the molecule is CCCn1ncc(Br)c1C(=O)c1ccc(CC)o1. The number of carbonyl (C=O) groups is 1. The molecule has 0 N–H and O–H groups in total. The zero-order chi connectivity index (χ0) is 13.1. The normalized spacial score (nSPS) is 10.8. The number of ketones is 1. The van der Waals surface area contributed by atoms with Crippen LogP contribution < -0.4 is 0 Å². The van der Waals surface area contributed by atoms with Crippen molar-refractivity contribution in [3.8, 4) is 0 Å². The lowest BCUT2D eigenvalue weighted by Crippen LogP contribution is -2.11. The summed E-state index contributed by atoms with van der Waals surface area (Å²) in [6, 6.07) is 3.55. The van der Waals surface area contributed by atoms with Crippen molar-refractivity contribution in [2.24, 2.45) is 0 Å². The first-order valence-electron chi connectivity index (χ1n) is 6.02. The van der Waals surface area contributed by atoms with E-state index in [4.69, 9.17) is 4.42 Å². The second-order valence-corrected chi connectivity index (χ2v) is 4.87. The molecular weight excluding hydrogens is 296 g/mol. The molecule has 2 aromatic heterocycles. The molecule has 18 heavy (non-hydrogen) atoms. The topological polar surface area (TPSA) is 48.0 Å². The molecule has 0 radical (unpaired) electrons. The maximum absolute atomic E-state index is 12.4. The van der Waals surface area contributed by atoms with Crippen LogP contribution in [0.15, 0.2) is 27.2 Å². The van der Waals surface area contributed by atoms with E-state index in [9.17, 15) is 4.79 Å². The van der Waals surface area contributed by atoms with Gasteiger partial charge in [-0.3, -0.25) is 9.48 Å². The van der Waals surface area contributed by atoms with Gasteiger partial charge < -0.3 is 4.42 Å². The van der Waals surface area contributed by atoms with Crippen LogP contribution >= 0.6 is 15.9 Å². The molecule has 0 spiro atoms. The number of aryl methyl sites for hydroxylation is 2. The van der Waals surface area contributed by atoms with Gasteiger partial charge in [0.25, 0.3) is 0 Å². The molecule has 96 valence electrons. The van der Waals surface area contributed by atoms with Crippen LogP contribution in [0.5, 0.6) is 0 Å². The molecule has 0 atom stereocenters. The summed E-state index contributed by atoms with van der Waals surface area (Å²) < 4.78 is 7.91. The molecule has 0 aliphatic carbocycles. The summed E-state index contributed by atoms with van der Waals surface area (Å²) in [7, 11) is 0. The van der Waals surface area contributed by atoms with Crippen LogP contribution in [0.2, 0.25) is 0 Å². The standard InChI is InChI=1S/C13H15BrN2O2/c1-3-7-16-12(10(14)8-15-16)13(17)11-6-5-9(4-2)18-11/h5-6,8H,3-4,7H2,1-2H3. The van der Waals surface area contributed by atoms with Crippen molar-refractivity contribution in [1.82, 2.24) is 9.78 Å². The van der Waals surface area contributed by atoms with E-state index in [0.717, 1.165) is 18.6 Å². The number of halogens is 1. The van der Waals surface area contributed by atoms with Crippen molar-refractivity contribution in [2.45, 2.75) is 33.2 Å². The molecule has 0 saturated carbocycles. The number of nitrogens with zero attached hydrogens (tertiary/aromatic N) is 2. The molecule has 0 aromatic carbocycles. The number of hydrogen-bond acceptors (Lipinski definition) is 3.